The van der Waals surface area contributed by atoms with Gasteiger partial charge in [0.2, 0.25) is 5.82 Å². The second kappa shape index (κ2) is 8.50. The summed E-state index contributed by atoms with van der Waals surface area (Å²) < 4.78 is 13.2. The first-order chi connectivity index (χ1) is 16.1. The van der Waals surface area contributed by atoms with Crippen LogP contribution in [-0.4, -0.2) is 31.3 Å². The standard InChI is InChI=1S/C26H25N5O2/c1-5-32-23-13-9-8-12-20(23)24-29-26(33-30-24)22-15-27-31-18(4)21(17(3)28-25(22)31)14-19-11-7-6-10-16(19)2/h6-13,15H,5,14H2,1-4H3. The topological polar surface area (TPSA) is 78.3 Å². The number of benzene rings is 2. The fourth-order valence-corrected chi connectivity index (χ4v) is 4.09. The van der Waals surface area contributed by atoms with Crippen LogP contribution in [0, 0.1) is 20.8 Å². The number of para-hydroxylation sites is 1. The maximum absolute atomic E-state index is 5.71. The normalized spacial score (nSPS) is 11.3. The summed E-state index contributed by atoms with van der Waals surface area (Å²) in [6.45, 7) is 8.75. The molecule has 0 spiro atoms. The first-order valence-corrected chi connectivity index (χ1v) is 11.0. The monoisotopic (exact) mass is 439 g/mol. The second-order valence-corrected chi connectivity index (χ2v) is 8.01. The highest BCUT2D eigenvalue weighted by atomic mass is 16.5. The van der Waals surface area contributed by atoms with Crippen LogP contribution < -0.4 is 4.74 Å². The highest BCUT2D eigenvalue weighted by molar-refractivity contribution is 5.73. The predicted octanol–water partition coefficient (Wildman–Crippen LogP) is 5.36. The summed E-state index contributed by atoms with van der Waals surface area (Å²) >= 11 is 0. The summed E-state index contributed by atoms with van der Waals surface area (Å²) in [6, 6.07) is 16.1. The largest absolute Gasteiger partial charge is 0.493 e. The summed E-state index contributed by atoms with van der Waals surface area (Å²) in [6.07, 6.45) is 2.54. The molecule has 2 aromatic carbocycles. The number of nitrogens with zero attached hydrogens (tertiary/aromatic N) is 5. The van der Waals surface area contributed by atoms with Crippen molar-refractivity contribution in [3.05, 3.63) is 82.8 Å². The lowest BCUT2D eigenvalue weighted by Crippen LogP contribution is -2.07. The van der Waals surface area contributed by atoms with Crippen molar-refractivity contribution in [3.63, 3.8) is 0 Å². The van der Waals surface area contributed by atoms with Crippen LogP contribution in [0.2, 0.25) is 0 Å². The van der Waals surface area contributed by atoms with E-state index < -0.39 is 0 Å². The van der Waals surface area contributed by atoms with Gasteiger partial charge in [-0.3, -0.25) is 0 Å². The van der Waals surface area contributed by atoms with Crippen molar-refractivity contribution < 1.29 is 9.26 Å². The van der Waals surface area contributed by atoms with E-state index in [-0.39, 0.29) is 0 Å². The molecule has 0 N–H and O–H groups in total. The van der Waals surface area contributed by atoms with Crippen LogP contribution in [0.3, 0.4) is 0 Å². The zero-order valence-corrected chi connectivity index (χ0v) is 19.2. The fourth-order valence-electron chi connectivity index (χ4n) is 4.09. The molecular formula is C26H25N5O2. The molecule has 7 nitrogen and oxygen atoms in total. The molecule has 0 bridgehead atoms. The van der Waals surface area contributed by atoms with Gasteiger partial charge in [0.15, 0.2) is 5.65 Å². The number of ether oxygens (including phenoxy) is 1. The van der Waals surface area contributed by atoms with E-state index in [1.807, 2.05) is 42.6 Å². The molecule has 0 atom stereocenters. The van der Waals surface area contributed by atoms with Gasteiger partial charge >= 0.3 is 0 Å². The summed E-state index contributed by atoms with van der Waals surface area (Å²) in [7, 11) is 0. The first kappa shape index (κ1) is 20.9. The van der Waals surface area contributed by atoms with Crippen LogP contribution in [-0.2, 0) is 6.42 Å². The average Bonchev–Trinajstić information content (AvgIpc) is 3.46. The van der Waals surface area contributed by atoms with Crippen LogP contribution in [0.1, 0.15) is 35.0 Å². The Morgan fingerprint density at radius 1 is 0.939 bits per heavy atom. The Kier molecular flexibility index (Phi) is 5.38. The zero-order valence-electron chi connectivity index (χ0n) is 19.2. The van der Waals surface area contributed by atoms with Gasteiger partial charge in [-0.2, -0.15) is 10.1 Å². The number of aryl methyl sites for hydroxylation is 3. The predicted molar refractivity (Wildman–Crippen MR) is 126 cm³/mol. The van der Waals surface area contributed by atoms with E-state index in [0.29, 0.717) is 29.5 Å². The quantitative estimate of drug-likeness (QED) is 0.354. The van der Waals surface area contributed by atoms with Crippen molar-refractivity contribution in [2.45, 2.75) is 34.1 Å². The molecule has 0 aliphatic heterocycles. The van der Waals surface area contributed by atoms with Gasteiger partial charge in [-0.15, -0.1) is 0 Å². The lowest BCUT2D eigenvalue weighted by Gasteiger charge is -2.13. The lowest BCUT2D eigenvalue weighted by molar-refractivity contribution is 0.341. The third-order valence-corrected chi connectivity index (χ3v) is 5.92. The van der Waals surface area contributed by atoms with Gasteiger partial charge in [-0.1, -0.05) is 41.6 Å². The van der Waals surface area contributed by atoms with Crippen LogP contribution >= 0.6 is 0 Å². The van der Waals surface area contributed by atoms with E-state index in [1.165, 1.54) is 16.7 Å². The molecule has 0 radical (unpaired) electrons. The van der Waals surface area contributed by atoms with Crippen molar-refractivity contribution >= 4 is 5.65 Å². The smallest absolute Gasteiger partial charge is 0.263 e. The van der Waals surface area contributed by atoms with Crippen molar-refractivity contribution in [3.8, 4) is 28.6 Å². The van der Waals surface area contributed by atoms with Gasteiger partial charge in [-0.25, -0.2) is 9.50 Å². The molecule has 5 rings (SSSR count). The summed E-state index contributed by atoms with van der Waals surface area (Å²) in [5.41, 5.74) is 7.92. The number of fused-ring (bicyclic) bond motifs is 1. The molecular weight excluding hydrogens is 414 g/mol. The van der Waals surface area contributed by atoms with Crippen LogP contribution in [0.25, 0.3) is 28.5 Å². The first-order valence-electron chi connectivity index (χ1n) is 11.0. The van der Waals surface area contributed by atoms with Crippen molar-refractivity contribution in [1.29, 1.82) is 0 Å². The molecule has 0 unspecified atom stereocenters. The Morgan fingerprint density at radius 3 is 2.55 bits per heavy atom. The Balaban J connectivity index is 1.54. The Hall–Kier alpha value is -4.00. The average molecular weight is 440 g/mol. The molecule has 0 fully saturated rings. The third-order valence-electron chi connectivity index (χ3n) is 5.92. The third kappa shape index (κ3) is 3.75. The summed E-state index contributed by atoms with van der Waals surface area (Å²) in [4.78, 5) is 9.50. The molecule has 0 saturated carbocycles. The number of hydrogen-bond donors (Lipinski definition) is 0. The Morgan fingerprint density at radius 2 is 1.73 bits per heavy atom. The van der Waals surface area contributed by atoms with E-state index in [4.69, 9.17) is 14.2 Å². The zero-order chi connectivity index (χ0) is 22.9. The minimum Gasteiger partial charge on any atom is -0.493 e. The van der Waals surface area contributed by atoms with Gasteiger partial charge in [0, 0.05) is 17.8 Å². The van der Waals surface area contributed by atoms with Gasteiger partial charge in [0.05, 0.1) is 18.4 Å². The second-order valence-electron chi connectivity index (χ2n) is 8.01. The van der Waals surface area contributed by atoms with E-state index in [1.54, 1.807) is 6.20 Å². The highest BCUT2D eigenvalue weighted by Crippen LogP contribution is 2.31. The maximum atomic E-state index is 5.71. The summed E-state index contributed by atoms with van der Waals surface area (Å²) in [5, 5.41) is 8.78. The van der Waals surface area contributed by atoms with E-state index in [0.717, 1.165) is 29.1 Å². The van der Waals surface area contributed by atoms with E-state index in [9.17, 15) is 0 Å². The fraction of sp³-hybridized carbons (Fsp3) is 0.231. The number of rotatable bonds is 6. The van der Waals surface area contributed by atoms with Gasteiger partial charge < -0.3 is 9.26 Å². The molecule has 5 aromatic rings. The lowest BCUT2D eigenvalue weighted by atomic mass is 9.99. The molecule has 166 valence electrons. The highest BCUT2D eigenvalue weighted by Gasteiger charge is 2.21. The van der Waals surface area contributed by atoms with E-state index in [2.05, 4.69) is 53.4 Å². The molecule has 3 aromatic heterocycles. The van der Waals surface area contributed by atoms with E-state index >= 15 is 0 Å². The molecule has 0 aliphatic carbocycles. The molecule has 0 saturated heterocycles. The number of aromatic nitrogens is 5. The molecule has 0 amide bonds. The van der Waals surface area contributed by atoms with Crippen LogP contribution in [0.5, 0.6) is 5.75 Å². The van der Waals surface area contributed by atoms with Crippen molar-refractivity contribution in [1.82, 2.24) is 24.7 Å². The SMILES string of the molecule is CCOc1ccccc1-c1noc(-c2cnn3c(C)c(Cc4ccccc4C)c(C)nc23)n1. The molecule has 0 aliphatic rings. The Labute approximate surface area is 192 Å². The van der Waals surface area contributed by atoms with Gasteiger partial charge in [0.25, 0.3) is 5.89 Å². The van der Waals surface area contributed by atoms with Gasteiger partial charge in [-0.05, 0) is 56.5 Å². The summed E-state index contributed by atoms with van der Waals surface area (Å²) in [5.74, 6) is 1.57. The minimum absolute atomic E-state index is 0.379. The van der Waals surface area contributed by atoms with Crippen LogP contribution in [0.4, 0.5) is 0 Å². The van der Waals surface area contributed by atoms with Crippen molar-refractivity contribution in [2.24, 2.45) is 0 Å². The Bertz CT molecular complexity index is 1450. The minimum atomic E-state index is 0.379. The van der Waals surface area contributed by atoms with Gasteiger partial charge in [0.1, 0.15) is 11.3 Å². The van der Waals surface area contributed by atoms with Crippen molar-refractivity contribution in [2.75, 3.05) is 6.61 Å². The molecule has 3 heterocycles. The maximum Gasteiger partial charge on any atom is 0.263 e. The van der Waals surface area contributed by atoms with Crippen LogP contribution in [0.15, 0.2) is 59.3 Å². The number of hydrogen-bond acceptors (Lipinski definition) is 6. The molecule has 33 heavy (non-hydrogen) atoms. The molecule has 7 heteroatoms.